The Morgan fingerprint density at radius 3 is 2.48 bits per heavy atom. The minimum atomic E-state index is -0.572. The molecule has 138 valence electrons. The summed E-state index contributed by atoms with van der Waals surface area (Å²) in [5, 5.41) is 15.8. The molecule has 27 heavy (non-hydrogen) atoms. The molecular formula is C18H15N3O6. The minimum Gasteiger partial charge on any atom is -0.454 e. The number of ether oxygens (including phenoxy) is 2. The van der Waals surface area contributed by atoms with Crippen molar-refractivity contribution >= 4 is 29.3 Å². The molecule has 2 N–H and O–H groups in total. The number of rotatable bonds is 5. The Hall–Kier alpha value is -3.88. The second kappa shape index (κ2) is 7.56. The van der Waals surface area contributed by atoms with E-state index in [0.29, 0.717) is 22.7 Å². The van der Waals surface area contributed by atoms with Gasteiger partial charge in [-0.15, -0.1) is 0 Å². The van der Waals surface area contributed by atoms with Crippen LogP contribution in [0.2, 0.25) is 0 Å². The van der Waals surface area contributed by atoms with Crippen LogP contribution in [0.3, 0.4) is 0 Å². The van der Waals surface area contributed by atoms with E-state index in [9.17, 15) is 19.7 Å². The highest BCUT2D eigenvalue weighted by Gasteiger charge is 2.16. The second-order valence-electron chi connectivity index (χ2n) is 5.61. The third-order valence-corrected chi connectivity index (χ3v) is 3.60. The van der Waals surface area contributed by atoms with Crippen LogP contribution in [0.1, 0.15) is 12.5 Å². The molecule has 1 heterocycles. The van der Waals surface area contributed by atoms with Crippen LogP contribution in [0, 0.1) is 10.1 Å². The largest absolute Gasteiger partial charge is 0.454 e. The highest BCUT2D eigenvalue weighted by atomic mass is 16.7. The first kappa shape index (κ1) is 17.9. The van der Waals surface area contributed by atoms with Crippen molar-refractivity contribution in [3.05, 3.63) is 63.8 Å². The van der Waals surface area contributed by atoms with Gasteiger partial charge >= 0.3 is 0 Å². The van der Waals surface area contributed by atoms with Gasteiger partial charge in [-0.3, -0.25) is 19.7 Å². The van der Waals surface area contributed by atoms with Crippen LogP contribution in [-0.4, -0.2) is 23.5 Å². The summed E-state index contributed by atoms with van der Waals surface area (Å²) in [5.74, 6) is 0.155. The van der Waals surface area contributed by atoms with Gasteiger partial charge < -0.3 is 20.1 Å². The van der Waals surface area contributed by atoms with E-state index in [4.69, 9.17) is 9.47 Å². The van der Waals surface area contributed by atoms with Crippen molar-refractivity contribution in [2.75, 3.05) is 12.1 Å². The summed E-state index contributed by atoms with van der Waals surface area (Å²) >= 11 is 0. The van der Waals surface area contributed by atoms with Crippen LogP contribution in [0.5, 0.6) is 11.5 Å². The van der Waals surface area contributed by atoms with Crippen LogP contribution in [0.4, 0.5) is 11.4 Å². The van der Waals surface area contributed by atoms with Gasteiger partial charge in [-0.2, -0.15) is 0 Å². The van der Waals surface area contributed by atoms with E-state index in [-0.39, 0.29) is 18.2 Å². The molecule has 1 aliphatic rings. The SMILES string of the molecule is CC(=O)N/C(=C/c1ccc2c(c1)OCO2)C(=O)Nc1ccc([N+](=O)[O-])cc1. The van der Waals surface area contributed by atoms with Gasteiger partial charge in [0.1, 0.15) is 5.70 Å². The van der Waals surface area contributed by atoms with Gasteiger partial charge in [0.05, 0.1) is 4.92 Å². The molecule has 2 amide bonds. The van der Waals surface area contributed by atoms with Gasteiger partial charge in [0, 0.05) is 24.7 Å². The number of benzene rings is 2. The van der Waals surface area contributed by atoms with E-state index >= 15 is 0 Å². The van der Waals surface area contributed by atoms with E-state index in [1.165, 1.54) is 37.3 Å². The first-order valence-electron chi connectivity index (χ1n) is 7.87. The van der Waals surface area contributed by atoms with Crippen LogP contribution < -0.4 is 20.1 Å². The summed E-state index contributed by atoms with van der Waals surface area (Å²) in [5.41, 5.74) is 0.903. The Morgan fingerprint density at radius 2 is 1.81 bits per heavy atom. The molecule has 0 saturated heterocycles. The molecule has 0 spiro atoms. The molecule has 1 aliphatic heterocycles. The molecule has 2 aromatic carbocycles. The van der Waals surface area contributed by atoms with E-state index in [1.54, 1.807) is 18.2 Å². The lowest BCUT2D eigenvalue weighted by molar-refractivity contribution is -0.384. The van der Waals surface area contributed by atoms with Crippen molar-refractivity contribution in [2.45, 2.75) is 6.92 Å². The quantitative estimate of drug-likeness (QED) is 0.474. The summed E-state index contributed by atoms with van der Waals surface area (Å²) in [6, 6.07) is 10.5. The Bertz CT molecular complexity index is 937. The molecule has 0 radical (unpaired) electrons. The van der Waals surface area contributed by atoms with Gasteiger partial charge in [-0.25, -0.2) is 0 Å². The Kier molecular flexibility index (Phi) is 5.02. The predicted octanol–water partition coefficient (Wildman–Crippen LogP) is 2.44. The summed E-state index contributed by atoms with van der Waals surface area (Å²) in [6.45, 7) is 1.41. The Balaban J connectivity index is 1.82. The maximum Gasteiger partial charge on any atom is 0.272 e. The van der Waals surface area contributed by atoms with Crippen LogP contribution >= 0.6 is 0 Å². The van der Waals surface area contributed by atoms with Gasteiger partial charge in [0.15, 0.2) is 11.5 Å². The molecule has 3 rings (SSSR count). The van der Waals surface area contributed by atoms with Crippen LogP contribution in [0.25, 0.3) is 6.08 Å². The smallest absolute Gasteiger partial charge is 0.272 e. The monoisotopic (exact) mass is 369 g/mol. The van der Waals surface area contributed by atoms with Crippen molar-refractivity contribution in [3.63, 3.8) is 0 Å². The number of carbonyl (C=O) groups is 2. The molecular weight excluding hydrogens is 354 g/mol. The summed E-state index contributed by atoms with van der Waals surface area (Å²) in [4.78, 5) is 34.1. The number of hydrogen-bond donors (Lipinski definition) is 2. The zero-order valence-electron chi connectivity index (χ0n) is 14.2. The van der Waals surface area contributed by atoms with Crippen molar-refractivity contribution in [3.8, 4) is 11.5 Å². The first-order chi connectivity index (χ1) is 12.9. The first-order valence-corrected chi connectivity index (χ1v) is 7.87. The van der Waals surface area contributed by atoms with Gasteiger partial charge in [-0.1, -0.05) is 6.07 Å². The molecule has 0 aromatic heterocycles. The lowest BCUT2D eigenvalue weighted by Gasteiger charge is -2.10. The average molecular weight is 369 g/mol. The number of non-ortho nitro benzene ring substituents is 1. The number of hydrogen-bond acceptors (Lipinski definition) is 6. The minimum absolute atomic E-state index is 0.0136. The van der Waals surface area contributed by atoms with Gasteiger partial charge in [-0.05, 0) is 35.9 Å². The summed E-state index contributed by atoms with van der Waals surface area (Å²) < 4.78 is 10.5. The predicted molar refractivity (Wildman–Crippen MR) is 96.1 cm³/mol. The highest BCUT2D eigenvalue weighted by molar-refractivity contribution is 6.08. The number of carbonyl (C=O) groups excluding carboxylic acids is 2. The van der Waals surface area contributed by atoms with Gasteiger partial charge in [0.2, 0.25) is 12.7 Å². The maximum atomic E-state index is 12.5. The number of fused-ring (bicyclic) bond motifs is 1. The number of nitro benzene ring substituents is 1. The highest BCUT2D eigenvalue weighted by Crippen LogP contribution is 2.33. The fraction of sp³-hybridized carbons (Fsp3) is 0.111. The molecule has 0 bridgehead atoms. The number of anilines is 1. The fourth-order valence-corrected chi connectivity index (χ4v) is 2.38. The fourth-order valence-electron chi connectivity index (χ4n) is 2.38. The molecule has 9 nitrogen and oxygen atoms in total. The zero-order chi connectivity index (χ0) is 19.4. The molecule has 0 saturated carbocycles. The van der Waals surface area contributed by atoms with Crippen LogP contribution in [-0.2, 0) is 9.59 Å². The normalized spacial score (nSPS) is 12.4. The number of nitrogens with one attached hydrogen (secondary N) is 2. The Labute approximate surface area is 153 Å². The van der Waals surface area contributed by atoms with Crippen molar-refractivity contribution in [2.24, 2.45) is 0 Å². The second-order valence-corrected chi connectivity index (χ2v) is 5.61. The van der Waals surface area contributed by atoms with Crippen LogP contribution in [0.15, 0.2) is 48.2 Å². The van der Waals surface area contributed by atoms with Gasteiger partial charge in [0.25, 0.3) is 11.6 Å². The van der Waals surface area contributed by atoms with Crippen molar-refractivity contribution in [1.82, 2.24) is 5.32 Å². The lowest BCUT2D eigenvalue weighted by Crippen LogP contribution is -2.28. The summed E-state index contributed by atoms with van der Waals surface area (Å²) in [7, 11) is 0. The maximum absolute atomic E-state index is 12.5. The Morgan fingerprint density at radius 1 is 1.11 bits per heavy atom. The topological polar surface area (TPSA) is 120 Å². The number of nitrogens with zero attached hydrogens (tertiary/aromatic N) is 1. The number of amides is 2. The summed E-state index contributed by atoms with van der Waals surface area (Å²) in [6.07, 6.45) is 1.49. The third-order valence-electron chi connectivity index (χ3n) is 3.60. The van der Waals surface area contributed by atoms with E-state index in [1.807, 2.05) is 0 Å². The van der Waals surface area contributed by atoms with Crippen molar-refractivity contribution in [1.29, 1.82) is 0 Å². The zero-order valence-corrected chi connectivity index (χ0v) is 14.2. The molecule has 0 unspecified atom stereocenters. The number of nitro groups is 1. The van der Waals surface area contributed by atoms with E-state index in [2.05, 4.69) is 10.6 Å². The van der Waals surface area contributed by atoms with Crippen molar-refractivity contribution < 1.29 is 24.0 Å². The molecule has 0 fully saturated rings. The van der Waals surface area contributed by atoms with E-state index in [0.717, 1.165) is 0 Å². The third kappa shape index (κ3) is 4.40. The average Bonchev–Trinajstić information content (AvgIpc) is 3.09. The lowest BCUT2D eigenvalue weighted by atomic mass is 10.1. The standard InChI is InChI=1S/C18H15N3O6/c1-11(22)19-15(8-12-2-7-16-17(9-12)27-10-26-16)18(23)20-13-3-5-14(6-4-13)21(24)25/h2-9H,10H2,1H3,(H,19,22)(H,20,23)/b15-8+. The molecule has 2 aromatic rings. The van der Waals surface area contributed by atoms with E-state index < -0.39 is 16.7 Å². The molecule has 0 atom stereocenters. The molecule has 0 aliphatic carbocycles. The molecule has 9 heteroatoms.